The number of carbonyl (C=O) groups excluding carboxylic acids is 3. The number of halogens is 2. The minimum absolute atomic E-state index is 0.182. The summed E-state index contributed by atoms with van der Waals surface area (Å²) in [4.78, 5) is 35.5. The van der Waals surface area contributed by atoms with Gasteiger partial charge in [0.05, 0.1) is 25.1 Å². The van der Waals surface area contributed by atoms with Crippen molar-refractivity contribution < 1.29 is 23.5 Å². The summed E-state index contributed by atoms with van der Waals surface area (Å²) in [6.45, 7) is 1.30. The van der Waals surface area contributed by atoms with Gasteiger partial charge >= 0.3 is 5.97 Å². The Labute approximate surface area is 160 Å². The third kappa shape index (κ3) is 5.52. The van der Waals surface area contributed by atoms with Crippen molar-refractivity contribution in [1.82, 2.24) is 5.32 Å². The van der Waals surface area contributed by atoms with Gasteiger partial charge in [-0.1, -0.05) is 29.8 Å². The molecule has 6 nitrogen and oxygen atoms in total. The summed E-state index contributed by atoms with van der Waals surface area (Å²) < 4.78 is 18.8. The van der Waals surface area contributed by atoms with Crippen LogP contribution in [0.5, 0.6) is 0 Å². The van der Waals surface area contributed by atoms with Crippen molar-refractivity contribution in [3.05, 3.63) is 64.4 Å². The van der Waals surface area contributed by atoms with Crippen LogP contribution in [0, 0.1) is 5.82 Å². The highest BCUT2D eigenvalue weighted by atomic mass is 35.5. The summed E-state index contributed by atoms with van der Waals surface area (Å²) >= 11 is 6.16. The van der Waals surface area contributed by atoms with Crippen LogP contribution in [-0.4, -0.2) is 24.9 Å². The number of benzene rings is 2. The fourth-order valence-corrected chi connectivity index (χ4v) is 2.73. The molecule has 2 aromatic rings. The van der Waals surface area contributed by atoms with Gasteiger partial charge in [0.1, 0.15) is 5.82 Å². The first kappa shape index (κ1) is 20.4. The quantitative estimate of drug-likeness (QED) is 0.737. The van der Waals surface area contributed by atoms with E-state index in [-0.39, 0.29) is 23.6 Å². The van der Waals surface area contributed by atoms with Gasteiger partial charge < -0.3 is 15.4 Å². The number of methoxy groups -OCH3 is 1. The molecule has 0 saturated carbocycles. The molecule has 0 radical (unpaired) electrons. The minimum Gasteiger partial charge on any atom is -0.469 e. The molecule has 2 N–H and O–H groups in total. The summed E-state index contributed by atoms with van der Waals surface area (Å²) in [7, 11) is 1.23. The van der Waals surface area contributed by atoms with Gasteiger partial charge in [0, 0.05) is 17.6 Å². The Balaban J connectivity index is 2.31. The van der Waals surface area contributed by atoms with Gasteiger partial charge in [-0.05, 0) is 29.8 Å². The lowest BCUT2D eigenvalue weighted by atomic mass is 10.0. The van der Waals surface area contributed by atoms with Gasteiger partial charge in [0.25, 0.3) is 5.91 Å². The van der Waals surface area contributed by atoms with Gasteiger partial charge in [-0.15, -0.1) is 0 Å². The van der Waals surface area contributed by atoms with Crippen LogP contribution in [0.1, 0.15) is 35.3 Å². The van der Waals surface area contributed by atoms with E-state index in [9.17, 15) is 18.8 Å². The van der Waals surface area contributed by atoms with E-state index in [1.807, 2.05) is 0 Å². The molecule has 1 atom stereocenters. The molecule has 0 aliphatic carbocycles. The van der Waals surface area contributed by atoms with E-state index in [1.54, 1.807) is 24.3 Å². The summed E-state index contributed by atoms with van der Waals surface area (Å²) in [6, 6.07) is 9.50. The molecule has 142 valence electrons. The Hall–Kier alpha value is -2.93. The van der Waals surface area contributed by atoms with Crippen molar-refractivity contribution >= 4 is 35.1 Å². The SMILES string of the molecule is COC(=O)CC(NC(=O)c1cc(NC(C)=O)ccc1F)c1ccccc1Cl. The largest absolute Gasteiger partial charge is 0.469 e. The number of carbonyl (C=O) groups is 3. The maximum atomic E-state index is 14.1. The zero-order valence-corrected chi connectivity index (χ0v) is 15.5. The summed E-state index contributed by atoms with van der Waals surface area (Å²) in [6.07, 6.45) is -0.182. The second-order valence-electron chi connectivity index (χ2n) is 5.70. The van der Waals surface area contributed by atoms with Crippen LogP contribution in [0.15, 0.2) is 42.5 Å². The normalized spacial score (nSPS) is 11.4. The Bertz CT molecular complexity index is 873. The van der Waals surface area contributed by atoms with Gasteiger partial charge in [0.2, 0.25) is 5.91 Å². The van der Waals surface area contributed by atoms with E-state index in [1.165, 1.54) is 26.2 Å². The molecule has 0 fully saturated rings. The van der Waals surface area contributed by atoms with Crippen molar-refractivity contribution in [1.29, 1.82) is 0 Å². The Morgan fingerprint density at radius 2 is 1.89 bits per heavy atom. The number of anilines is 1. The van der Waals surface area contributed by atoms with Crippen LogP contribution in [-0.2, 0) is 14.3 Å². The van der Waals surface area contributed by atoms with E-state index in [0.717, 1.165) is 6.07 Å². The number of esters is 1. The highest BCUT2D eigenvalue weighted by molar-refractivity contribution is 6.31. The van der Waals surface area contributed by atoms with Crippen molar-refractivity contribution in [2.75, 3.05) is 12.4 Å². The minimum atomic E-state index is -0.817. The average molecular weight is 393 g/mol. The Kier molecular flexibility index (Phi) is 6.90. The van der Waals surface area contributed by atoms with Gasteiger partial charge in [-0.2, -0.15) is 0 Å². The molecule has 8 heteroatoms. The van der Waals surface area contributed by atoms with E-state index in [0.29, 0.717) is 10.6 Å². The van der Waals surface area contributed by atoms with Crippen LogP contribution in [0.4, 0.5) is 10.1 Å². The summed E-state index contributed by atoms with van der Waals surface area (Å²) in [5.41, 5.74) is 0.496. The molecule has 1 unspecified atom stereocenters. The van der Waals surface area contributed by atoms with Gasteiger partial charge in [0.15, 0.2) is 0 Å². The maximum Gasteiger partial charge on any atom is 0.307 e. The highest BCUT2D eigenvalue weighted by Crippen LogP contribution is 2.26. The molecule has 0 aliphatic heterocycles. The molecular formula is C19H18ClFN2O4. The fourth-order valence-electron chi connectivity index (χ4n) is 2.46. The van der Waals surface area contributed by atoms with E-state index in [2.05, 4.69) is 15.4 Å². The smallest absolute Gasteiger partial charge is 0.307 e. The molecule has 2 amide bonds. The first-order valence-corrected chi connectivity index (χ1v) is 8.39. The van der Waals surface area contributed by atoms with Crippen LogP contribution in [0.3, 0.4) is 0 Å². The van der Waals surface area contributed by atoms with Crippen LogP contribution in [0.25, 0.3) is 0 Å². The Morgan fingerprint density at radius 3 is 2.52 bits per heavy atom. The van der Waals surface area contributed by atoms with Gasteiger partial charge in [-0.3, -0.25) is 14.4 Å². The second kappa shape index (κ2) is 9.14. The van der Waals surface area contributed by atoms with Crippen LogP contribution >= 0.6 is 11.6 Å². The molecule has 27 heavy (non-hydrogen) atoms. The van der Waals surface area contributed by atoms with Crippen molar-refractivity contribution in [2.45, 2.75) is 19.4 Å². The molecule has 2 aromatic carbocycles. The first-order valence-electron chi connectivity index (χ1n) is 8.01. The Morgan fingerprint density at radius 1 is 1.19 bits per heavy atom. The third-order valence-electron chi connectivity index (χ3n) is 3.72. The lowest BCUT2D eigenvalue weighted by Gasteiger charge is -2.20. The highest BCUT2D eigenvalue weighted by Gasteiger charge is 2.23. The van der Waals surface area contributed by atoms with Crippen molar-refractivity contribution in [3.8, 4) is 0 Å². The van der Waals surface area contributed by atoms with Crippen molar-refractivity contribution in [3.63, 3.8) is 0 Å². The molecule has 0 saturated heterocycles. The van der Waals surface area contributed by atoms with Crippen molar-refractivity contribution in [2.24, 2.45) is 0 Å². The molecule has 0 aliphatic rings. The number of hydrogen-bond donors (Lipinski definition) is 2. The molecule has 0 bridgehead atoms. The molecule has 0 heterocycles. The van der Waals surface area contributed by atoms with Crippen LogP contribution < -0.4 is 10.6 Å². The van der Waals surface area contributed by atoms with Gasteiger partial charge in [-0.25, -0.2) is 4.39 Å². The van der Waals surface area contributed by atoms with Crippen LogP contribution in [0.2, 0.25) is 5.02 Å². The zero-order chi connectivity index (χ0) is 20.0. The standard InChI is InChI=1S/C19H18ClFN2O4/c1-11(24)22-12-7-8-16(21)14(9-12)19(26)23-17(10-18(25)27-2)13-5-3-4-6-15(13)20/h3-9,17H,10H2,1-2H3,(H,22,24)(H,23,26). The van der Waals surface area contributed by atoms with E-state index >= 15 is 0 Å². The topological polar surface area (TPSA) is 84.5 Å². The summed E-state index contributed by atoms with van der Waals surface area (Å²) in [5, 5.41) is 5.43. The monoisotopic (exact) mass is 392 g/mol. The predicted molar refractivity (Wildman–Crippen MR) is 99.0 cm³/mol. The predicted octanol–water partition coefficient (Wildman–Crippen LogP) is 3.47. The first-order chi connectivity index (χ1) is 12.8. The number of rotatable bonds is 6. The number of hydrogen-bond acceptors (Lipinski definition) is 4. The van der Waals surface area contributed by atoms with E-state index < -0.39 is 23.7 Å². The molecular weight excluding hydrogens is 375 g/mol. The second-order valence-corrected chi connectivity index (χ2v) is 6.11. The number of amides is 2. The molecule has 2 rings (SSSR count). The maximum absolute atomic E-state index is 14.1. The number of nitrogens with one attached hydrogen (secondary N) is 2. The lowest BCUT2D eigenvalue weighted by molar-refractivity contribution is -0.141. The van der Waals surface area contributed by atoms with E-state index in [4.69, 9.17) is 11.6 Å². The third-order valence-corrected chi connectivity index (χ3v) is 4.06. The zero-order valence-electron chi connectivity index (χ0n) is 14.7. The fraction of sp³-hybridized carbons (Fsp3) is 0.211. The average Bonchev–Trinajstić information content (AvgIpc) is 2.62. The molecule has 0 aromatic heterocycles. The molecule has 0 spiro atoms. The summed E-state index contributed by atoms with van der Waals surface area (Å²) in [5.74, 6) is -2.44. The number of ether oxygens (including phenoxy) is 1. The lowest BCUT2D eigenvalue weighted by Crippen LogP contribution is -2.31.